The predicted molar refractivity (Wildman–Crippen MR) is 69.0 cm³/mol. The van der Waals surface area contributed by atoms with Gasteiger partial charge in [-0.1, -0.05) is 6.07 Å². The Hall–Kier alpha value is -0.860. The van der Waals surface area contributed by atoms with Crippen molar-refractivity contribution >= 4 is 0 Å². The molecule has 1 aromatic carbocycles. The molecule has 2 N–H and O–H groups in total. The predicted octanol–water partition coefficient (Wildman–Crippen LogP) is 2.04. The van der Waals surface area contributed by atoms with Crippen LogP contribution in [0.4, 0.5) is 0 Å². The first-order valence-corrected chi connectivity index (χ1v) is 5.95. The Balaban J connectivity index is 2.78. The van der Waals surface area contributed by atoms with Gasteiger partial charge in [-0.3, -0.25) is 0 Å². The van der Waals surface area contributed by atoms with Gasteiger partial charge in [0.15, 0.2) is 0 Å². The molecule has 0 saturated carbocycles. The first kappa shape index (κ1) is 13.2. The highest BCUT2D eigenvalue weighted by atomic mass is 16.3. The number of rotatable bonds is 5. The van der Waals surface area contributed by atoms with Crippen LogP contribution < -0.4 is 5.32 Å². The summed E-state index contributed by atoms with van der Waals surface area (Å²) in [6, 6.07) is 2.26. The van der Waals surface area contributed by atoms with E-state index < -0.39 is 0 Å². The van der Waals surface area contributed by atoms with E-state index in [2.05, 4.69) is 39.1 Å². The maximum Gasteiger partial charge on any atom is 0.0555 e. The van der Waals surface area contributed by atoms with E-state index in [1.54, 1.807) is 0 Å². The molecule has 0 amide bonds. The third-order valence-corrected chi connectivity index (χ3v) is 3.36. The zero-order valence-corrected chi connectivity index (χ0v) is 10.9. The molecule has 90 valence electrons. The molecule has 0 heterocycles. The molecule has 0 aliphatic carbocycles. The van der Waals surface area contributed by atoms with E-state index in [4.69, 9.17) is 5.11 Å². The molecule has 0 saturated heterocycles. The Morgan fingerprint density at radius 2 is 1.56 bits per heavy atom. The third-order valence-electron chi connectivity index (χ3n) is 3.36. The van der Waals surface area contributed by atoms with Crippen molar-refractivity contribution in [3.05, 3.63) is 33.9 Å². The second-order valence-electron chi connectivity index (χ2n) is 4.46. The lowest BCUT2D eigenvalue weighted by Gasteiger charge is -2.15. The molecular formula is C14H23NO. The van der Waals surface area contributed by atoms with Crippen LogP contribution in [0.2, 0.25) is 0 Å². The van der Waals surface area contributed by atoms with Crippen molar-refractivity contribution in [1.29, 1.82) is 0 Å². The van der Waals surface area contributed by atoms with Gasteiger partial charge in [-0.2, -0.15) is 0 Å². The molecule has 0 aliphatic rings. The smallest absolute Gasteiger partial charge is 0.0555 e. The lowest BCUT2D eigenvalue weighted by Crippen LogP contribution is -2.21. The average molecular weight is 221 g/mol. The van der Waals surface area contributed by atoms with Gasteiger partial charge >= 0.3 is 0 Å². The zero-order chi connectivity index (χ0) is 12.1. The standard InChI is InChI=1S/C14H23NO/c1-10-9-11(2)13(4)14(12(10)3)5-6-15-7-8-16/h9,15-16H,5-8H2,1-4H3. The van der Waals surface area contributed by atoms with E-state index in [-0.39, 0.29) is 6.61 Å². The number of nitrogens with one attached hydrogen (secondary N) is 1. The first-order valence-electron chi connectivity index (χ1n) is 5.95. The van der Waals surface area contributed by atoms with Crippen LogP contribution in [0.1, 0.15) is 27.8 Å². The minimum Gasteiger partial charge on any atom is -0.395 e. The summed E-state index contributed by atoms with van der Waals surface area (Å²) in [6.45, 7) is 10.6. The Kier molecular flexibility index (Phi) is 4.97. The molecule has 0 bridgehead atoms. The first-order chi connectivity index (χ1) is 7.57. The molecule has 0 unspecified atom stereocenters. The molecule has 0 aromatic heterocycles. The van der Waals surface area contributed by atoms with Crippen LogP contribution in [0.15, 0.2) is 6.07 Å². The van der Waals surface area contributed by atoms with Crippen molar-refractivity contribution in [2.45, 2.75) is 34.1 Å². The minimum absolute atomic E-state index is 0.213. The van der Waals surface area contributed by atoms with Crippen molar-refractivity contribution in [3.8, 4) is 0 Å². The van der Waals surface area contributed by atoms with Crippen LogP contribution in [0.3, 0.4) is 0 Å². The molecule has 2 nitrogen and oxygen atoms in total. The van der Waals surface area contributed by atoms with E-state index in [0.717, 1.165) is 13.0 Å². The number of benzene rings is 1. The highest BCUT2D eigenvalue weighted by Crippen LogP contribution is 2.21. The van der Waals surface area contributed by atoms with Gasteiger partial charge in [-0.05, 0) is 68.5 Å². The van der Waals surface area contributed by atoms with Crippen LogP contribution in [0.25, 0.3) is 0 Å². The van der Waals surface area contributed by atoms with Crippen molar-refractivity contribution in [3.63, 3.8) is 0 Å². The summed E-state index contributed by atoms with van der Waals surface area (Å²) >= 11 is 0. The summed E-state index contributed by atoms with van der Waals surface area (Å²) in [4.78, 5) is 0. The van der Waals surface area contributed by atoms with Crippen LogP contribution in [-0.2, 0) is 6.42 Å². The fourth-order valence-corrected chi connectivity index (χ4v) is 2.09. The average Bonchev–Trinajstić information content (AvgIpc) is 2.25. The lowest BCUT2D eigenvalue weighted by atomic mass is 9.92. The number of hydrogen-bond acceptors (Lipinski definition) is 2. The van der Waals surface area contributed by atoms with Crippen LogP contribution in [-0.4, -0.2) is 24.8 Å². The summed E-state index contributed by atoms with van der Waals surface area (Å²) in [6.07, 6.45) is 1.04. The monoisotopic (exact) mass is 221 g/mol. The molecule has 16 heavy (non-hydrogen) atoms. The van der Waals surface area contributed by atoms with E-state index in [0.29, 0.717) is 6.54 Å². The molecule has 1 rings (SSSR count). The van der Waals surface area contributed by atoms with E-state index in [1.807, 2.05) is 0 Å². The Bertz CT molecular complexity index is 332. The largest absolute Gasteiger partial charge is 0.395 e. The molecule has 0 aliphatic heterocycles. The summed E-state index contributed by atoms with van der Waals surface area (Å²) < 4.78 is 0. The molecule has 2 heteroatoms. The molecule has 1 aromatic rings. The highest BCUT2D eigenvalue weighted by molar-refractivity contribution is 5.44. The maximum absolute atomic E-state index is 8.70. The molecule has 0 atom stereocenters. The quantitative estimate of drug-likeness (QED) is 0.746. The molecular weight excluding hydrogens is 198 g/mol. The van der Waals surface area contributed by atoms with Crippen molar-refractivity contribution in [2.75, 3.05) is 19.7 Å². The minimum atomic E-state index is 0.213. The van der Waals surface area contributed by atoms with Gasteiger partial charge in [-0.15, -0.1) is 0 Å². The summed E-state index contributed by atoms with van der Waals surface area (Å²) in [5.41, 5.74) is 7.03. The van der Waals surface area contributed by atoms with Crippen LogP contribution in [0, 0.1) is 27.7 Å². The lowest BCUT2D eigenvalue weighted by molar-refractivity contribution is 0.293. The fraction of sp³-hybridized carbons (Fsp3) is 0.571. The van der Waals surface area contributed by atoms with Crippen molar-refractivity contribution < 1.29 is 5.11 Å². The molecule has 0 fully saturated rings. The second kappa shape index (κ2) is 6.02. The maximum atomic E-state index is 8.70. The van der Waals surface area contributed by atoms with E-state index >= 15 is 0 Å². The fourth-order valence-electron chi connectivity index (χ4n) is 2.09. The van der Waals surface area contributed by atoms with E-state index in [9.17, 15) is 0 Å². The van der Waals surface area contributed by atoms with Gasteiger partial charge in [0, 0.05) is 6.54 Å². The SMILES string of the molecule is Cc1cc(C)c(C)c(CCNCCO)c1C. The van der Waals surface area contributed by atoms with Crippen LogP contribution >= 0.6 is 0 Å². The van der Waals surface area contributed by atoms with Gasteiger partial charge in [0.25, 0.3) is 0 Å². The molecule has 0 spiro atoms. The summed E-state index contributed by atoms with van der Waals surface area (Å²) in [7, 11) is 0. The number of hydrogen-bond donors (Lipinski definition) is 2. The number of aliphatic hydroxyl groups excluding tert-OH is 1. The van der Waals surface area contributed by atoms with Gasteiger partial charge < -0.3 is 10.4 Å². The summed E-state index contributed by atoms with van der Waals surface area (Å²) in [5.74, 6) is 0. The normalized spacial score (nSPS) is 10.8. The number of aliphatic hydroxyl groups is 1. The van der Waals surface area contributed by atoms with Crippen molar-refractivity contribution in [1.82, 2.24) is 5.32 Å². The van der Waals surface area contributed by atoms with Crippen molar-refractivity contribution in [2.24, 2.45) is 0 Å². The Morgan fingerprint density at radius 1 is 1.00 bits per heavy atom. The van der Waals surface area contributed by atoms with Gasteiger partial charge in [-0.25, -0.2) is 0 Å². The number of aryl methyl sites for hydroxylation is 2. The highest BCUT2D eigenvalue weighted by Gasteiger charge is 2.07. The zero-order valence-electron chi connectivity index (χ0n) is 10.9. The second-order valence-corrected chi connectivity index (χ2v) is 4.46. The molecule has 0 radical (unpaired) electrons. The summed E-state index contributed by atoms with van der Waals surface area (Å²) in [5, 5.41) is 11.9. The van der Waals surface area contributed by atoms with Gasteiger partial charge in [0.1, 0.15) is 0 Å². The Morgan fingerprint density at radius 3 is 2.06 bits per heavy atom. The third kappa shape index (κ3) is 3.06. The van der Waals surface area contributed by atoms with E-state index in [1.165, 1.54) is 27.8 Å². The van der Waals surface area contributed by atoms with Gasteiger partial charge in [0.2, 0.25) is 0 Å². The topological polar surface area (TPSA) is 32.3 Å². The van der Waals surface area contributed by atoms with Gasteiger partial charge in [0.05, 0.1) is 6.61 Å². The van der Waals surface area contributed by atoms with Crippen LogP contribution in [0.5, 0.6) is 0 Å². The Labute approximate surface area is 98.7 Å².